The van der Waals surface area contributed by atoms with E-state index in [1.54, 1.807) is 23.6 Å². The number of amides is 4. The van der Waals surface area contributed by atoms with Crippen LogP contribution in [0.3, 0.4) is 0 Å². The van der Waals surface area contributed by atoms with E-state index >= 15 is 0 Å². The molecule has 0 unspecified atom stereocenters. The Kier molecular flexibility index (Phi) is 5.63. The molecule has 0 atom stereocenters. The zero-order valence-corrected chi connectivity index (χ0v) is 13.8. The zero-order chi connectivity index (χ0) is 17.5. The molecule has 24 heavy (non-hydrogen) atoms. The summed E-state index contributed by atoms with van der Waals surface area (Å²) in [5.74, 6) is 0.323. The first-order valence-electron chi connectivity index (χ1n) is 6.76. The number of carbonyl (C=O) groups is 2. The van der Waals surface area contributed by atoms with Gasteiger partial charge >= 0.3 is 12.1 Å². The van der Waals surface area contributed by atoms with Gasteiger partial charge in [-0.25, -0.2) is 19.6 Å². The number of anilines is 1. The second-order valence-corrected chi connectivity index (χ2v) is 5.17. The van der Waals surface area contributed by atoms with Gasteiger partial charge in [0, 0.05) is 19.5 Å². The van der Waals surface area contributed by atoms with E-state index in [-0.39, 0.29) is 12.0 Å². The van der Waals surface area contributed by atoms with E-state index in [9.17, 15) is 9.59 Å². The Morgan fingerprint density at radius 3 is 2.58 bits per heavy atom. The molecule has 0 aliphatic rings. The summed E-state index contributed by atoms with van der Waals surface area (Å²) in [6.45, 7) is 0. The third-order valence-electron chi connectivity index (χ3n) is 2.66. The molecule has 0 saturated carbocycles. The molecule has 0 aliphatic heterocycles. The molecule has 10 nitrogen and oxygen atoms in total. The average molecular weight is 348 g/mol. The van der Waals surface area contributed by atoms with Crippen LogP contribution in [0.5, 0.6) is 0 Å². The molecule has 2 heterocycles. The van der Waals surface area contributed by atoms with Gasteiger partial charge in [-0.3, -0.25) is 10.6 Å². The predicted molar refractivity (Wildman–Crippen MR) is 92.3 cm³/mol. The molecule has 0 saturated heterocycles. The number of rotatable bonds is 3. The number of pyridine rings is 1. The van der Waals surface area contributed by atoms with Crippen LogP contribution >= 0.6 is 11.3 Å². The summed E-state index contributed by atoms with van der Waals surface area (Å²) >= 11 is 1.24. The highest BCUT2D eigenvalue weighted by Crippen LogP contribution is 2.26. The summed E-state index contributed by atoms with van der Waals surface area (Å²) in [5.41, 5.74) is 6.74. The highest BCUT2D eigenvalue weighted by Gasteiger charge is 2.08. The van der Waals surface area contributed by atoms with Crippen LogP contribution < -0.4 is 27.0 Å². The second-order valence-electron chi connectivity index (χ2n) is 4.33. The van der Waals surface area contributed by atoms with Gasteiger partial charge < -0.3 is 16.4 Å². The molecule has 6 N–H and O–H groups in total. The van der Waals surface area contributed by atoms with E-state index in [2.05, 4.69) is 36.2 Å². The minimum absolute atomic E-state index is 0.0711. The Hall–Kier alpha value is -3.21. The van der Waals surface area contributed by atoms with Crippen LogP contribution in [-0.2, 0) is 0 Å². The quantitative estimate of drug-likeness (QED) is 0.412. The first-order valence-corrected chi connectivity index (χ1v) is 7.64. The molecule has 2 aromatic rings. The van der Waals surface area contributed by atoms with Gasteiger partial charge in [0.1, 0.15) is 11.5 Å². The van der Waals surface area contributed by atoms with E-state index in [1.807, 2.05) is 0 Å². The summed E-state index contributed by atoms with van der Waals surface area (Å²) in [6, 6.07) is 4.33. The number of guanidine groups is 1. The predicted octanol–water partition coefficient (Wildman–Crippen LogP) is 0.832. The number of thiazole rings is 1. The molecule has 0 spiro atoms. The van der Waals surface area contributed by atoms with Crippen molar-refractivity contribution in [1.29, 1.82) is 0 Å². The highest BCUT2D eigenvalue weighted by atomic mass is 32.1. The summed E-state index contributed by atoms with van der Waals surface area (Å²) in [4.78, 5) is 35.0. The normalized spacial score (nSPS) is 10.8. The van der Waals surface area contributed by atoms with Gasteiger partial charge in [0.15, 0.2) is 0 Å². The summed E-state index contributed by atoms with van der Waals surface area (Å²) in [7, 11) is 2.98. The van der Waals surface area contributed by atoms with Crippen molar-refractivity contribution >= 4 is 40.3 Å². The lowest BCUT2D eigenvalue weighted by molar-refractivity contribution is 0.247. The van der Waals surface area contributed by atoms with E-state index in [1.165, 1.54) is 25.4 Å². The fourth-order valence-corrected chi connectivity index (χ4v) is 2.26. The van der Waals surface area contributed by atoms with Gasteiger partial charge in [-0.2, -0.15) is 4.99 Å². The minimum Gasteiger partial charge on any atom is -0.369 e. The van der Waals surface area contributed by atoms with E-state index < -0.39 is 6.03 Å². The third-order valence-corrected chi connectivity index (χ3v) is 3.39. The maximum Gasteiger partial charge on any atom is 0.321 e. The standard InChI is InChI=1S/C13H16N8O2S/c1-15-11(22)19-9-5-3-4-7(17-9)8-6-24-13(18-8)21-10(14)20-12(23)16-2/h3-6H,1-2H3,(H2,15,17,19,22)(H4,14,16,18,20,21,23). The monoisotopic (exact) mass is 348 g/mol. The van der Waals surface area contributed by atoms with Crippen LogP contribution in [0.1, 0.15) is 0 Å². The molecule has 2 rings (SSSR count). The van der Waals surface area contributed by atoms with Gasteiger partial charge in [0.2, 0.25) is 11.1 Å². The van der Waals surface area contributed by atoms with Gasteiger partial charge in [0.05, 0.1) is 5.69 Å². The van der Waals surface area contributed by atoms with Crippen molar-refractivity contribution in [1.82, 2.24) is 25.9 Å². The fraction of sp³-hybridized carbons (Fsp3) is 0.154. The molecule has 0 fully saturated rings. The molecular formula is C13H16N8O2S. The van der Waals surface area contributed by atoms with Crippen LogP contribution in [0.2, 0.25) is 0 Å². The van der Waals surface area contributed by atoms with Crippen LogP contribution in [0.4, 0.5) is 20.5 Å². The SMILES string of the molecule is CNC(=O)NC(N)=Nc1nc(-c2cccc(NC(=O)NC)n2)cs1. The number of aromatic nitrogens is 2. The minimum atomic E-state index is -0.470. The van der Waals surface area contributed by atoms with Gasteiger partial charge in [-0.1, -0.05) is 6.07 Å². The Morgan fingerprint density at radius 1 is 1.12 bits per heavy atom. The number of urea groups is 2. The number of nitrogens with one attached hydrogen (secondary N) is 4. The molecule has 11 heteroatoms. The van der Waals surface area contributed by atoms with Gasteiger partial charge in [-0.15, -0.1) is 11.3 Å². The summed E-state index contributed by atoms with van der Waals surface area (Å²) in [6.07, 6.45) is 0. The lowest BCUT2D eigenvalue weighted by Gasteiger charge is -2.04. The topological polar surface area (TPSA) is 146 Å². The lowest BCUT2D eigenvalue weighted by atomic mass is 10.3. The van der Waals surface area contributed by atoms with Crippen molar-refractivity contribution in [2.75, 3.05) is 19.4 Å². The van der Waals surface area contributed by atoms with Crippen molar-refractivity contribution in [3.8, 4) is 11.4 Å². The van der Waals surface area contributed by atoms with Crippen molar-refractivity contribution in [2.45, 2.75) is 0 Å². The largest absolute Gasteiger partial charge is 0.369 e. The van der Waals surface area contributed by atoms with Crippen LogP contribution in [0.15, 0.2) is 28.6 Å². The molecule has 0 bridgehead atoms. The Bertz CT molecular complexity index is 773. The van der Waals surface area contributed by atoms with Gasteiger partial charge in [0.25, 0.3) is 0 Å². The highest BCUT2D eigenvalue weighted by molar-refractivity contribution is 7.13. The first-order chi connectivity index (χ1) is 11.5. The first kappa shape index (κ1) is 17.1. The molecule has 2 aromatic heterocycles. The number of hydrogen-bond donors (Lipinski definition) is 5. The van der Waals surface area contributed by atoms with Crippen LogP contribution in [0.25, 0.3) is 11.4 Å². The molecular weight excluding hydrogens is 332 g/mol. The van der Waals surface area contributed by atoms with E-state index in [0.717, 1.165) is 0 Å². The average Bonchev–Trinajstić information content (AvgIpc) is 3.03. The molecule has 0 aromatic carbocycles. The number of hydrogen-bond acceptors (Lipinski definition) is 6. The van der Waals surface area contributed by atoms with Crippen molar-refractivity contribution in [2.24, 2.45) is 10.7 Å². The maximum atomic E-state index is 11.3. The third kappa shape index (κ3) is 4.64. The van der Waals surface area contributed by atoms with Crippen molar-refractivity contribution in [3.05, 3.63) is 23.6 Å². The summed E-state index contributed by atoms with van der Waals surface area (Å²) in [5, 5.41) is 11.8. The summed E-state index contributed by atoms with van der Waals surface area (Å²) < 4.78 is 0. The van der Waals surface area contributed by atoms with Crippen molar-refractivity contribution in [3.63, 3.8) is 0 Å². The number of carbonyl (C=O) groups excluding carboxylic acids is 2. The number of nitrogens with zero attached hydrogens (tertiary/aromatic N) is 3. The van der Waals surface area contributed by atoms with Crippen LogP contribution in [0, 0.1) is 0 Å². The van der Waals surface area contributed by atoms with Crippen LogP contribution in [-0.4, -0.2) is 42.1 Å². The smallest absolute Gasteiger partial charge is 0.321 e. The number of nitrogens with two attached hydrogens (primary N) is 1. The van der Waals surface area contributed by atoms with Gasteiger partial charge in [-0.05, 0) is 12.1 Å². The maximum absolute atomic E-state index is 11.3. The van der Waals surface area contributed by atoms with Crippen molar-refractivity contribution < 1.29 is 9.59 Å². The molecule has 0 aliphatic carbocycles. The van der Waals surface area contributed by atoms with E-state index in [4.69, 9.17) is 5.73 Å². The second kappa shape index (κ2) is 7.87. The Balaban J connectivity index is 2.15. The molecule has 126 valence electrons. The number of aliphatic imine (C=N–C) groups is 1. The Morgan fingerprint density at radius 2 is 1.88 bits per heavy atom. The lowest BCUT2D eigenvalue weighted by Crippen LogP contribution is -2.41. The van der Waals surface area contributed by atoms with E-state index in [0.29, 0.717) is 22.3 Å². The fourth-order valence-electron chi connectivity index (χ4n) is 1.57. The Labute approximate surface area is 141 Å². The molecule has 4 amide bonds. The zero-order valence-electron chi connectivity index (χ0n) is 13.0. The molecule has 0 radical (unpaired) electrons.